The van der Waals surface area contributed by atoms with Crippen LogP contribution >= 0.6 is 0 Å². The van der Waals surface area contributed by atoms with Crippen LogP contribution in [0.5, 0.6) is 0 Å². The van der Waals surface area contributed by atoms with Crippen molar-refractivity contribution < 1.29 is 0 Å². The summed E-state index contributed by atoms with van der Waals surface area (Å²) < 4.78 is 0. The van der Waals surface area contributed by atoms with Crippen LogP contribution in [-0.4, -0.2) is 62.7 Å². The molecule has 15 heavy (non-hydrogen) atoms. The first kappa shape index (κ1) is 12.9. The molecule has 1 aliphatic rings. The van der Waals surface area contributed by atoms with Crippen LogP contribution in [0, 0.1) is 0 Å². The highest BCUT2D eigenvalue weighted by molar-refractivity contribution is 4.76. The molecule has 0 radical (unpaired) electrons. The van der Waals surface area contributed by atoms with E-state index in [1.54, 1.807) is 0 Å². The van der Waals surface area contributed by atoms with Crippen LogP contribution in [0.1, 0.15) is 26.2 Å². The first-order valence-electron chi connectivity index (χ1n) is 6.33. The van der Waals surface area contributed by atoms with Crippen molar-refractivity contribution in [3.05, 3.63) is 0 Å². The summed E-state index contributed by atoms with van der Waals surface area (Å²) in [5, 5.41) is 3.54. The first-order chi connectivity index (χ1) is 7.22. The SMILES string of the molecule is CCNC1CCN(CCCN(C)C)CC1. The lowest BCUT2D eigenvalue weighted by Gasteiger charge is -2.32. The Morgan fingerprint density at radius 3 is 2.47 bits per heavy atom. The normalized spacial score (nSPS) is 20.0. The van der Waals surface area contributed by atoms with Crippen molar-refractivity contribution in [2.24, 2.45) is 0 Å². The number of hydrogen-bond acceptors (Lipinski definition) is 3. The van der Waals surface area contributed by atoms with Crippen molar-refractivity contribution in [3.8, 4) is 0 Å². The number of nitrogens with one attached hydrogen (secondary N) is 1. The van der Waals surface area contributed by atoms with Crippen molar-refractivity contribution in [2.45, 2.75) is 32.2 Å². The number of likely N-dealkylation sites (tertiary alicyclic amines) is 1. The molecule has 90 valence electrons. The molecule has 1 saturated heterocycles. The summed E-state index contributed by atoms with van der Waals surface area (Å²) in [6.45, 7) is 8.37. The fraction of sp³-hybridized carbons (Fsp3) is 1.00. The predicted octanol–water partition coefficient (Wildman–Crippen LogP) is 1.01. The average molecular weight is 213 g/mol. The maximum Gasteiger partial charge on any atom is 0.00912 e. The van der Waals surface area contributed by atoms with Crippen LogP contribution in [0.15, 0.2) is 0 Å². The van der Waals surface area contributed by atoms with Crippen LogP contribution in [0.3, 0.4) is 0 Å². The Hall–Kier alpha value is -0.120. The summed E-state index contributed by atoms with van der Waals surface area (Å²) >= 11 is 0. The summed E-state index contributed by atoms with van der Waals surface area (Å²) in [4.78, 5) is 4.88. The van der Waals surface area contributed by atoms with Gasteiger partial charge in [0.2, 0.25) is 0 Å². The number of hydrogen-bond donors (Lipinski definition) is 1. The zero-order valence-electron chi connectivity index (χ0n) is 10.6. The second-order valence-corrected chi connectivity index (χ2v) is 4.83. The van der Waals surface area contributed by atoms with Crippen molar-refractivity contribution >= 4 is 0 Å². The maximum atomic E-state index is 3.54. The third-order valence-electron chi connectivity index (χ3n) is 3.16. The molecule has 0 atom stereocenters. The predicted molar refractivity (Wildman–Crippen MR) is 66.3 cm³/mol. The second kappa shape index (κ2) is 7.20. The zero-order chi connectivity index (χ0) is 11.1. The van der Waals surface area contributed by atoms with Gasteiger partial charge in [-0.1, -0.05) is 6.92 Å². The molecule has 1 N–H and O–H groups in total. The largest absolute Gasteiger partial charge is 0.314 e. The monoisotopic (exact) mass is 213 g/mol. The summed E-state index contributed by atoms with van der Waals surface area (Å²) in [6, 6.07) is 0.778. The molecule has 1 fully saturated rings. The summed E-state index contributed by atoms with van der Waals surface area (Å²) in [5.41, 5.74) is 0. The molecule has 0 aromatic heterocycles. The minimum atomic E-state index is 0.778. The van der Waals surface area contributed by atoms with Gasteiger partial charge in [-0.25, -0.2) is 0 Å². The highest BCUT2D eigenvalue weighted by atomic mass is 15.1. The Labute approximate surface area is 94.8 Å². The molecule has 0 aliphatic carbocycles. The quantitative estimate of drug-likeness (QED) is 0.710. The first-order valence-corrected chi connectivity index (χ1v) is 6.33. The summed E-state index contributed by atoms with van der Waals surface area (Å²) in [6.07, 6.45) is 3.96. The van der Waals surface area contributed by atoms with E-state index in [1.807, 2.05) is 0 Å². The molecule has 0 unspecified atom stereocenters. The Morgan fingerprint density at radius 1 is 1.27 bits per heavy atom. The van der Waals surface area contributed by atoms with Crippen molar-refractivity contribution in [2.75, 3.05) is 46.8 Å². The van der Waals surface area contributed by atoms with Gasteiger partial charge in [-0.3, -0.25) is 0 Å². The molecule has 1 heterocycles. The van der Waals surface area contributed by atoms with Gasteiger partial charge in [-0.05, 0) is 66.1 Å². The van der Waals surface area contributed by atoms with Crippen LogP contribution in [0.2, 0.25) is 0 Å². The van der Waals surface area contributed by atoms with E-state index < -0.39 is 0 Å². The van der Waals surface area contributed by atoms with E-state index in [2.05, 4.69) is 36.1 Å². The van der Waals surface area contributed by atoms with Crippen molar-refractivity contribution in [1.82, 2.24) is 15.1 Å². The fourth-order valence-electron chi connectivity index (χ4n) is 2.26. The number of rotatable bonds is 6. The highest BCUT2D eigenvalue weighted by Gasteiger charge is 2.17. The molecule has 0 amide bonds. The maximum absolute atomic E-state index is 3.54. The van der Waals surface area contributed by atoms with Gasteiger partial charge >= 0.3 is 0 Å². The standard InChI is InChI=1S/C12H27N3/c1-4-13-12-6-10-15(11-7-12)9-5-8-14(2)3/h12-13H,4-11H2,1-3H3. The third-order valence-corrected chi connectivity index (χ3v) is 3.16. The van der Waals surface area contributed by atoms with Crippen LogP contribution < -0.4 is 5.32 Å². The van der Waals surface area contributed by atoms with Gasteiger partial charge < -0.3 is 15.1 Å². The van der Waals surface area contributed by atoms with Crippen molar-refractivity contribution in [1.29, 1.82) is 0 Å². The second-order valence-electron chi connectivity index (χ2n) is 4.83. The van der Waals surface area contributed by atoms with Gasteiger partial charge in [0.15, 0.2) is 0 Å². The lowest BCUT2D eigenvalue weighted by Crippen LogP contribution is -2.43. The minimum Gasteiger partial charge on any atom is -0.314 e. The fourth-order valence-corrected chi connectivity index (χ4v) is 2.26. The van der Waals surface area contributed by atoms with Gasteiger partial charge in [0, 0.05) is 6.04 Å². The molecular formula is C12H27N3. The van der Waals surface area contributed by atoms with E-state index in [1.165, 1.54) is 45.4 Å². The van der Waals surface area contributed by atoms with Crippen LogP contribution in [-0.2, 0) is 0 Å². The van der Waals surface area contributed by atoms with E-state index in [0.29, 0.717) is 0 Å². The number of nitrogens with zero attached hydrogens (tertiary/aromatic N) is 2. The van der Waals surface area contributed by atoms with E-state index in [0.717, 1.165) is 12.6 Å². The van der Waals surface area contributed by atoms with E-state index in [-0.39, 0.29) is 0 Å². The molecule has 3 heteroatoms. The minimum absolute atomic E-state index is 0.778. The van der Waals surface area contributed by atoms with E-state index >= 15 is 0 Å². The van der Waals surface area contributed by atoms with E-state index in [4.69, 9.17) is 0 Å². The summed E-state index contributed by atoms with van der Waals surface area (Å²) in [5.74, 6) is 0. The molecule has 1 aliphatic heterocycles. The lowest BCUT2D eigenvalue weighted by atomic mass is 10.0. The van der Waals surface area contributed by atoms with Crippen molar-refractivity contribution in [3.63, 3.8) is 0 Å². The Bertz CT molecular complexity index is 151. The molecule has 0 aromatic rings. The van der Waals surface area contributed by atoms with E-state index in [9.17, 15) is 0 Å². The average Bonchev–Trinajstić information content (AvgIpc) is 2.20. The molecule has 0 bridgehead atoms. The zero-order valence-corrected chi connectivity index (χ0v) is 10.6. The Kier molecular flexibility index (Phi) is 6.22. The molecule has 0 saturated carbocycles. The van der Waals surface area contributed by atoms with Gasteiger partial charge in [0.1, 0.15) is 0 Å². The Morgan fingerprint density at radius 2 is 1.93 bits per heavy atom. The smallest absolute Gasteiger partial charge is 0.00912 e. The van der Waals surface area contributed by atoms with Gasteiger partial charge in [0.05, 0.1) is 0 Å². The third kappa shape index (κ3) is 5.50. The van der Waals surface area contributed by atoms with Gasteiger partial charge in [-0.2, -0.15) is 0 Å². The topological polar surface area (TPSA) is 18.5 Å². The molecule has 0 spiro atoms. The van der Waals surface area contributed by atoms with Gasteiger partial charge in [-0.15, -0.1) is 0 Å². The Balaban J connectivity index is 2.04. The van der Waals surface area contributed by atoms with Crippen LogP contribution in [0.25, 0.3) is 0 Å². The lowest BCUT2D eigenvalue weighted by molar-refractivity contribution is 0.191. The number of piperidine rings is 1. The van der Waals surface area contributed by atoms with Gasteiger partial charge in [0.25, 0.3) is 0 Å². The highest BCUT2D eigenvalue weighted by Crippen LogP contribution is 2.10. The molecule has 1 rings (SSSR count). The molecule has 3 nitrogen and oxygen atoms in total. The summed E-state index contributed by atoms with van der Waals surface area (Å²) in [7, 11) is 4.30. The molecular weight excluding hydrogens is 186 g/mol. The molecule has 0 aromatic carbocycles. The van der Waals surface area contributed by atoms with Crippen LogP contribution in [0.4, 0.5) is 0 Å².